The SMILES string of the molecule is CCCC(c1ccccc1)C(Cl)(Cl)Cl. The van der Waals surface area contributed by atoms with Gasteiger partial charge in [-0.15, -0.1) is 0 Å². The summed E-state index contributed by atoms with van der Waals surface area (Å²) in [5.41, 5.74) is 1.09. The monoisotopic (exact) mass is 250 g/mol. The fraction of sp³-hybridized carbons (Fsp3) is 0.455. The molecule has 1 aromatic carbocycles. The van der Waals surface area contributed by atoms with E-state index in [0.29, 0.717) is 0 Å². The van der Waals surface area contributed by atoms with Crippen molar-refractivity contribution in [1.29, 1.82) is 0 Å². The number of rotatable bonds is 3. The van der Waals surface area contributed by atoms with Gasteiger partial charge in [0.05, 0.1) is 0 Å². The lowest BCUT2D eigenvalue weighted by molar-refractivity contribution is 0.624. The second-order valence-corrected chi connectivity index (χ2v) is 5.66. The van der Waals surface area contributed by atoms with Crippen LogP contribution in [0.15, 0.2) is 30.3 Å². The predicted molar refractivity (Wildman–Crippen MR) is 64.4 cm³/mol. The Morgan fingerprint density at radius 2 is 1.71 bits per heavy atom. The fourth-order valence-corrected chi connectivity index (χ4v) is 2.20. The van der Waals surface area contributed by atoms with E-state index in [2.05, 4.69) is 6.92 Å². The molecule has 0 N–H and O–H groups in total. The van der Waals surface area contributed by atoms with Crippen LogP contribution < -0.4 is 0 Å². The topological polar surface area (TPSA) is 0 Å². The van der Waals surface area contributed by atoms with Crippen molar-refractivity contribution in [3.63, 3.8) is 0 Å². The van der Waals surface area contributed by atoms with E-state index in [4.69, 9.17) is 34.8 Å². The Balaban J connectivity index is 2.89. The van der Waals surface area contributed by atoms with Crippen LogP contribution in [0.3, 0.4) is 0 Å². The van der Waals surface area contributed by atoms with Crippen LogP contribution in [0.5, 0.6) is 0 Å². The van der Waals surface area contributed by atoms with E-state index >= 15 is 0 Å². The van der Waals surface area contributed by atoms with E-state index in [1.54, 1.807) is 0 Å². The summed E-state index contributed by atoms with van der Waals surface area (Å²) in [6.45, 7) is 2.09. The Bertz CT molecular complexity index is 264. The zero-order chi connectivity index (χ0) is 10.6. The molecular weight excluding hydrogens is 238 g/mol. The summed E-state index contributed by atoms with van der Waals surface area (Å²) in [7, 11) is 0. The minimum Gasteiger partial charge on any atom is -0.0830 e. The molecule has 0 saturated heterocycles. The highest BCUT2D eigenvalue weighted by molar-refractivity contribution is 6.68. The summed E-state index contributed by atoms with van der Waals surface area (Å²) in [6.07, 6.45) is 1.90. The predicted octanol–water partition coefficient (Wildman–Crippen LogP) is 4.94. The zero-order valence-corrected chi connectivity index (χ0v) is 10.3. The highest BCUT2D eigenvalue weighted by Crippen LogP contribution is 2.43. The number of benzene rings is 1. The molecule has 0 nitrogen and oxygen atoms in total. The minimum absolute atomic E-state index is 0.0151. The van der Waals surface area contributed by atoms with Gasteiger partial charge in [0.2, 0.25) is 0 Å². The second-order valence-electron chi connectivity index (χ2n) is 3.29. The first-order chi connectivity index (χ1) is 6.55. The Hall–Kier alpha value is 0.0900. The third-order valence-corrected chi connectivity index (χ3v) is 2.96. The second kappa shape index (κ2) is 5.25. The largest absolute Gasteiger partial charge is 0.197 e. The van der Waals surface area contributed by atoms with Crippen molar-refractivity contribution in [2.24, 2.45) is 0 Å². The molecule has 0 saturated carbocycles. The zero-order valence-electron chi connectivity index (χ0n) is 8.01. The molecule has 0 fully saturated rings. The van der Waals surface area contributed by atoms with E-state index in [0.717, 1.165) is 18.4 Å². The summed E-state index contributed by atoms with van der Waals surface area (Å²) in [6, 6.07) is 9.90. The summed E-state index contributed by atoms with van der Waals surface area (Å²) in [5.74, 6) is -0.0151. The molecule has 14 heavy (non-hydrogen) atoms. The van der Waals surface area contributed by atoms with Gasteiger partial charge >= 0.3 is 0 Å². The molecule has 1 rings (SSSR count). The summed E-state index contributed by atoms with van der Waals surface area (Å²) >= 11 is 17.8. The third-order valence-electron chi connectivity index (χ3n) is 2.17. The maximum atomic E-state index is 5.94. The van der Waals surface area contributed by atoms with Crippen LogP contribution in [0.4, 0.5) is 0 Å². The van der Waals surface area contributed by atoms with Crippen molar-refractivity contribution in [2.45, 2.75) is 29.5 Å². The van der Waals surface area contributed by atoms with Crippen LogP contribution in [0, 0.1) is 0 Å². The van der Waals surface area contributed by atoms with E-state index in [1.807, 2.05) is 30.3 Å². The molecule has 0 heterocycles. The lowest BCUT2D eigenvalue weighted by Crippen LogP contribution is -2.16. The van der Waals surface area contributed by atoms with Crippen molar-refractivity contribution in [2.75, 3.05) is 0 Å². The molecule has 3 heteroatoms. The normalized spacial score (nSPS) is 14.0. The van der Waals surface area contributed by atoms with E-state index < -0.39 is 3.79 Å². The first-order valence-electron chi connectivity index (χ1n) is 4.67. The standard InChI is InChI=1S/C11H13Cl3/c1-2-6-10(11(12,13)14)9-7-4-3-5-8-9/h3-5,7-8,10H,2,6H2,1H3. The molecule has 0 aromatic heterocycles. The molecule has 1 unspecified atom stereocenters. The molecule has 0 aliphatic rings. The van der Waals surface area contributed by atoms with Crippen LogP contribution in [0.25, 0.3) is 0 Å². The molecule has 1 atom stereocenters. The smallest absolute Gasteiger partial charge is 0.0830 e. The molecule has 0 aliphatic carbocycles. The van der Waals surface area contributed by atoms with Crippen LogP contribution in [-0.4, -0.2) is 3.79 Å². The molecule has 0 spiro atoms. The van der Waals surface area contributed by atoms with Crippen molar-refractivity contribution in [1.82, 2.24) is 0 Å². The van der Waals surface area contributed by atoms with E-state index in [1.165, 1.54) is 0 Å². The van der Waals surface area contributed by atoms with Gasteiger partial charge in [0.1, 0.15) is 0 Å². The number of halogens is 3. The van der Waals surface area contributed by atoms with Gasteiger partial charge in [-0.05, 0) is 12.0 Å². The number of hydrogen-bond donors (Lipinski definition) is 0. The Kier molecular flexibility index (Phi) is 4.56. The average Bonchev–Trinajstić information content (AvgIpc) is 2.14. The molecule has 78 valence electrons. The number of hydrogen-bond acceptors (Lipinski definition) is 0. The van der Waals surface area contributed by atoms with Crippen molar-refractivity contribution in [3.05, 3.63) is 35.9 Å². The number of alkyl halides is 3. The van der Waals surface area contributed by atoms with Gasteiger partial charge in [-0.1, -0.05) is 78.5 Å². The Labute approximate surface area is 100 Å². The lowest BCUT2D eigenvalue weighted by atomic mass is 9.96. The highest BCUT2D eigenvalue weighted by atomic mass is 35.6. The summed E-state index contributed by atoms with van der Waals surface area (Å²) in [4.78, 5) is 0. The van der Waals surface area contributed by atoms with Crippen LogP contribution in [0.1, 0.15) is 31.2 Å². The maximum Gasteiger partial charge on any atom is 0.197 e. The Morgan fingerprint density at radius 3 is 2.14 bits per heavy atom. The molecule has 0 radical (unpaired) electrons. The Morgan fingerprint density at radius 1 is 1.14 bits per heavy atom. The minimum atomic E-state index is -1.21. The quantitative estimate of drug-likeness (QED) is 0.668. The van der Waals surface area contributed by atoms with Gasteiger partial charge in [0, 0.05) is 5.92 Å². The van der Waals surface area contributed by atoms with Gasteiger partial charge < -0.3 is 0 Å². The molecule has 0 bridgehead atoms. The van der Waals surface area contributed by atoms with Crippen molar-refractivity contribution >= 4 is 34.8 Å². The van der Waals surface area contributed by atoms with E-state index in [-0.39, 0.29) is 5.92 Å². The molecule has 0 amide bonds. The van der Waals surface area contributed by atoms with Gasteiger partial charge in [-0.2, -0.15) is 0 Å². The maximum absolute atomic E-state index is 5.94. The summed E-state index contributed by atoms with van der Waals surface area (Å²) < 4.78 is -1.21. The van der Waals surface area contributed by atoms with Crippen molar-refractivity contribution in [3.8, 4) is 0 Å². The first kappa shape index (κ1) is 12.2. The van der Waals surface area contributed by atoms with Crippen LogP contribution >= 0.6 is 34.8 Å². The summed E-state index contributed by atoms with van der Waals surface area (Å²) in [5, 5.41) is 0. The molecule has 1 aromatic rings. The van der Waals surface area contributed by atoms with Gasteiger partial charge in [-0.25, -0.2) is 0 Å². The van der Waals surface area contributed by atoms with Gasteiger partial charge in [0.15, 0.2) is 3.79 Å². The third kappa shape index (κ3) is 3.34. The van der Waals surface area contributed by atoms with Crippen LogP contribution in [0.2, 0.25) is 0 Å². The first-order valence-corrected chi connectivity index (χ1v) is 5.80. The molecular formula is C11H13Cl3. The molecule has 0 aliphatic heterocycles. The van der Waals surface area contributed by atoms with Crippen molar-refractivity contribution < 1.29 is 0 Å². The van der Waals surface area contributed by atoms with E-state index in [9.17, 15) is 0 Å². The fourth-order valence-electron chi connectivity index (χ4n) is 1.49. The van der Waals surface area contributed by atoms with Crippen LogP contribution in [-0.2, 0) is 0 Å². The average molecular weight is 252 g/mol. The highest BCUT2D eigenvalue weighted by Gasteiger charge is 2.32. The van der Waals surface area contributed by atoms with Gasteiger partial charge in [-0.3, -0.25) is 0 Å². The van der Waals surface area contributed by atoms with Gasteiger partial charge in [0.25, 0.3) is 0 Å². The lowest BCUT2D eigenvalue weighted by Gasteiger charge is -2.24.